The molecular weight excluding hydrogens is 374 g/mol. The van der Waals surface area contributed by atoms with E-state index in [1.165, 1.54) is 63.4 Å². The molecule has 0 amide bonds. The predicted octanol–water partition coefficient (Wildman–Crippen LogP) is 8.24. The van der Waals surface area contributed by atoms with Gasteiger partial charge in [-0.25, -0.2) is 0 Å². The van der Waals surface area contributed by atoms with Gasteiger partial charge < -0.3 is 4.90 Å². The lowest BCUT2D eigenvalue weighted by atomic mass is 9.64. The summed E-state index contributed by atoms with van der Waals surface area (Å²) in [6, 6.07) is 9.10. The van der Waals surface area contributed by atoms with E-state index in [9.17, 15) is 0 Å². The average Bonchev–Trinajstić information content (AvgIpc) is 2.70. The van der Waals surface area contributed by atoms with Crippen molar-refractivity contribution in [3.63, 3.8) is 0 Å². The van der Waals surface area contributed by atoms with E-state index >= 15 is 0 Å². The summed E-state index contributed by atoms with van der Waals surface area (Å²) in [6.07, 6.45) is 12.9. The fourth-order valence-electron chi connectivity index (χ4n) is 6.66. The summed E-state index contributed by atoms with van der Waals surface area (Å²) >= 11 is 6.13. The number of hydrogen-bond donors (Lipinski definition) is 0. The van der Waals surface area contributed by atoms with Crippen molar-refractivity contribution in [2.24, 2.45) is 35.5 Å². The number of rotatable bonds is 7. The van der Waals surface area contributed by atoms with Crippen molar-refractivity contribution in [2.45, 2.75) is 84.6 Å². The first-order valence-electron chi connectivity index (χ1n) is 12.3. The summed E-state index contributed by atoms with van der Waals surface area (Å²) in [7, 11) is 4.48. The third-order valence-corrected chi connectivity index (χ3v) is 8.67. The van der Waals surface area contributed by atoms with Crippen LogP contribution in [0.2, 0.25) is 5.02 Å². The molecule has 2 aliphatic carbocycles. The maximum atomic E-state index is 6.13. The van der Waals surface area contributed by atoms with Crippen LogP contribution in [0, 0.1) is 35.5 Å². The maximum Gasteiger partial charge on any atom is 0.0406 e. The summed E-state index contributed by atoms with van der Waals surface area (Å²) in [6.45, 7) is 7.39. The number of halogens is 1. The van der Waals surface area contributed by atoms with Gasteiger partial charge in [-0.3, -0.25) is 0 Å². The van der Waals surface area contributed by atoms with Gasteiger partial charge in [0, 0.05) is 11.1 Å². The van der Waals surface area contributed by atoms with E-state index in [4.69, 9.17) is 11.6 Å². The Morgan fingerprint density at radius 3 is 2.24 bits per heavy atom. The first kappa shape index (κ1) is 23.1. The molecule has 0 spiro atoms. The van der Waals surface area contributed by atoms with Crippen LogP contribution in [0.1, 0.15) is 90.2 Å². The van der Waals surface area contributed by atoms with E-state index in [0.29, 0.717) is 6.04 Å². The highest BCUT2D eigenvalue weighted by molar-refractivity contribution is 6.30. The molecule has 0 saturated heterocycles. The van der Waals surface area contributed by atoms with Gasteiger partial charge in [0.25, 0.3) is 0 Å². The topological polar surface area (TPSA) is 3.24 Å². The molecule has 2 aliphatic rings. The second kappa shape index (κ2) is 10.7. The average molecular weight is 418 g/mol. The highest BCUT2D eigenvalue weighted by Crippen LogP contribution is 2.46. The van der Waals surface area contributed by atoms with Crippen LogP contribution in [0.15, 0.2) is 24.3 Å². The van der Waals surface area contributed by atoms with Gasteiger partial charge in [-0.1, -0.05) is 70.2 Å². The first-order valence-corrected chi connectivity index (χ1v) is 12.7. The van der Waals surface area contributed by atoms with Crippen LogP contribution >= 0.6 is 11.6 Å². The predicted molar refractivity (Wildman–Crippen MR) is 127 cm³/mol. The third kappa shape index (κ3) is 6.01. The highest BCUT2D eigenvalue weighted by atomic mass is 35.5. The van der Waals surface area contributed by atoms with Gasteiger partial charge in [0.15, 0.2) is 0 Å². The van der Waals surface area contributed by atoms with Gasteiger partial charge in [0.2, 0.25) is 0 Å². The number of nitrogens with zero attached hydrogens (tertiary/aromatic N) is 1. The minimum atomic E-state index is 0.524. The molecule has 0 heterocycles. The van der Waals surface area contributed by atoms with Crippen LogP contribution in [0.25, 0.3) is 0 Å². The molecule has 1 aromatic carbocycles. The Hall–Kier alpha value is -0.530. The fourth-order valence-corrected chi connectivity index (χ4v) is 6.79. The molecule has 0 N–H and O–H groups in total. The molecule has 1 aromatic rings. The second-order valence-electron chi connectivity index (χ2n) is 10.7. The zero-order chi connectivity index (χ0) is 21.0. The Morgan fingerprint density at radius 2 is 1.66 bits per heavy atom. The zero-order valence-electron chi connectivity index (χ0n) is 19.5. The normalized spacial score (nSPS) is 32.9. The lowest BCUT2D eigenvalue weighted by Gasteiger charge is -2.42. The molecule has 5 atom stereocenters. The van der Waals surface area contributed by atoms with Crippen molar-refractivity contribution in [2.75, 3.05) is 14.1 Å². The quantitative estimate of drug-likeness (QED) is 0.431. The minimum absolute atomic E-state index is 0.524. The third-order valence-electron chi connectivity index (χ3n) is 8.42. The summed E-state index contributed by atoms with van der Waals surface area (Å²) in [5, 5.41) is 0.840. The number of benzene rings is 1. The number of hydrogen-bond acceptors (Lipinski definition) is 1. The van der Waals surface area contributed by atoms with E-state index in [1.807, 2.05) is 0 Å². The monoisotopic (exact) mass is 417 g/mol. The largest absolute Gasteiger partial charge is 0.302 e. The van der Waals surface area contributed by atoms with Crippen LogP contribution in [-0.2, 0) is 0 Å². The molecule has 0 bridgehead atoms. The van der Waals surface area contributed by atoms with E-state index in [-0.39, 0.29) is 0 Å². The molecule has 5 unspecified atom stereocenters. The minimum Gasteiger partial charge on any atom is -0.302 e. The van der Waals surface area contributed by atoms with Gasteiger partial charge in [-0.15, -0.1) is 0 Å². The Labute approximate surface area is 185 Å². The van der Waals surface area contributed by atoms with Crippen molar-refractivity contribution in [3.8, 4) is 0 Å². The molecule has 0 aliphatic heterocycles. The van der Waals surface area contributed by atoms with Gasteiger partial charge in [-0.2, -0.15) is 0 Å². The van der Waals surface area contributed by atoms with E-state index in [0.717, 1.165) is 40.5 Å². The van der Waals surface area contributed by atoms with Gasteiger partial charge in [0.1, 0.15) is 0 Å². The molecule has 0 radical (unpaired) electrons. The van der Waals surface area contributed by atoms with Crippen LogP contribution in [0.5, 0.6) is 0 Å². The van der Waals surface area contributed by atoms with E-state index < -0.39 is 0 Å². The van der Waals surface area contributed by atoms with Crippen LogP contribution < -0.4 is 0 Å². The van der Waals surface area contributed by atoms with Crippen molar-refractivity contribution in [1.29, 1.82) is 0 Å². The van der Waals surface area contributed by atoms with Crippen molar-refractivity contribution >= 4 is 11.6 Å². The van der Waals surface area contributed by atoms with Gasteiger partial charge >= 0.3 is 0 Å². The molecule has 164 valence electrons. The van der Waals surface area contributed by atoms with Gasteiger partial charge in [0.05, 0.1) is 0 Å². The second-order valence-corrected chi connectivity index (χ2v) is 11.1. The standard InChI is InChI=1S/C27H44ClN/c1-6-20(3)26-16-7-19(2)17-24(26)18-21-8-10-22(11-9-21)27(29(4)5)23-12-14-25(28)15-13-23/h12-15,19-22,24,26-27H,6-11,16-18H2,1-5H3. The first-order chi connectivity index (χ1) is 13.9. The summed E-state index contributed by atoms with van der Waals surface area (Å²) in [5.74, 6) is 5.56. The molecular formula is C27H44ClN. The molecule has 29 heavy (non-hydrogen) atoms. The molecule has 2 fully saturated rings. The van der Waals surface area contributed by atoms with Crippen molar-refractivity contribution < 1.29 is 0 Å². The van der Waals surface area contributed by atoms with Crippen LogP contribution in [0.3, 0.4) is 0 Å². The maximum absolute atomic E-state index is 6.13. The molecule has 3 rings (SSSR count). The highest BCUT2D eigenvalue weighted by Gasteiger charge is 2.35. The SMILES string of the molecule is CCC(C)C1CCC(C)CC1CC1CCC(C(c2ccc(Cl)cc2)N(C)C)CC1. The smallest absolute Gasteiger partial charge is 0.0406 e. The molecule has 2 saturated carbocycles. The van der Waals surface area contributed by atoms with E-state index in [2.05, 4.69) is 64.0 Å². The van der Waals surface area contributed by atoms with Gasteiger partial charge in [-0.05, 0) is 99.4 Å². The Kier molecular flexibility index (Phi) is 8.51. The Bertz CT molecular complexity index is 601. The van der Waals surface area contributed by atoms with E-state index in [1.54, 1.807) is 0 Å². The Balaban J connectivity index is 1.59. The van der Waals surface area contributed by atoms with Crippen LogP contribution in [-0.4, -0.2) is 19.0 Å². The lowest BCUT2D eigenvalue weighted by molar-refractivity contribution is 0.0874. The summed E-state index contributed by atoms with van der Waals surface area (Å²) < 4.78 is 0. The molecule has 2 heteroatoms. The molecule has 1 nitrogen and oxygen atoms in total. The zero-order valence-corrected chi connectivity index (χ0v) is 20.3. The molecule has 0 aromatic heterocycles. The lowest BCUT2D eigenvalue weighted by Crippen LogP contribution is -2.33. The Morgan fingerprint density at radius 1 is 1.00 bits per heavy atom. The fraction of sp³-hybridized carbons (Fsp3) is 0.778. The van der Waals surface area contributed by atoms with Crippen molar-refractivity contribution in [3.05, 3.63) is 34.9 Å². The summed E-state index contributed by atoms with van der Waals surface area (Å²) in [4.78, 5) is 2.43. The summed E-state index contributed by atoms with van der Waals surface area (Å²) in [5.41, 5.74) is 1.43. The van der Waals surface area contributed by atoms with Crippen molar-refractivity contribution in [1.82, 2.24) is 4.90 Å². The van der Waals surface area contributed by atoms with Crippen LogP contribution in [0.4, 0.5) is 0 Å².